The molecule has 1 saturated carbocycles. The molecular weight excluding hydrogens is 198 g/mol. The van der Waals surface area contributed by atoms with Crippen LogP contribution in [0.15, 0.2) is 0 Å². The lowest BCUT2D eigenvalue weighted by atomic mass is 9.84. The van der Waals surface area contributed by atoms with Crippen molar-refractivity contribution in [2.75, 3.05) is 11.9 Å². The number of hydrogen-bond donors (Lipinski definition) is 1. The summed E-state index contributed by atoms with van der Waals surface area (Å²) < 4.78 is 2.05. The second kappa shape index (κ2) is 4.11. The molecule has 1 aliphatic heterocycles. The summed E-state index contributed by atoms with van der Waals surface area (Å²) in [4.78, 5) is 0. The maximum absolute atomic E-state index is 4.77. The van der Waals surface area contributed by atoms with E-state index in [4.69, 9.17) is 5.10 Å². The highest BCUT2D eigenvalue weighted by atomic mass is 15.3. The van der Waals surface area contributed by atoms with Crippen LogP contribution in [0.1, 0.15) is 55.7 Å². The average Bonchev–Trinajstić information content (AvgIpc) is 2.69. The van der Waals surface area contributed by atoms with Gasteiger partial charge in [0.2, 0.25) is 0 Å². The monoisotopic (exact) mass is 219 g/mol. The van der Waals surface area contributed by atoms with Gasteiger partial charge in [-0.05, 0) is 25.7 Å². The van der Waals surface area contributed by atoms with Gasteiger partial charge in [0.15, 0.2) is 0 Å². The zero-order valence-corrected chi connectivity index (χ0v) is 10.1. The molecule has 1 fully saturated rings. The minimum Gasteiger partial charge on any atom is -0.370 e. The fourth-order valence-electron chi connectivity index (χ4n) is 3.23. The Morgan fingerprint density at radius 2 is 2.00 bits per heavy atom. The summed E-state index contributed by atoms with van der Waals surface area (Å²) in [6.45, 7) is 1.11. The van der Waals surface area contributed by atoms with Crippen LogP contribution in [0.5, 0.6) is 0 Å². The molecule has 0 radical (unpaired) electrons. The second-order valence-corrected chi connectivity index (χ2v) is 5.20. The molecule has 0 atom stereocenters. The van der Waals surface area contributed by atoms with E-state index in [0.717, 1.165) is 12.5 Å². The van der Waals surface area contributed by atoms with Crippen molar-refractivity contribution in [2.45, 2.75) is 50.9 Å². The smallest absolute Gasteiger partial charge is 0.127 e. The van der Waals surface area contributed by atoms with Gasteiger partial charge in [-0.25, -0.2) is 0 Å². The lowest BCUT2D eigenvalue weighted by Crippen LogP contribution is -2.14. The molecule has 3 rings (SSSR count). The zero-order valence-electron chi connectivity index (χ0n) is 10.1. The third-order valence-electron chi connectivity index (χ3n) is 4.06. The van der Waals surface area contributed by atoms with E-state index >= 15 is 0 Å². The predicted octanol–water partition coefficient (Wildman–Crippen LogP) is 2.83. The molecule has 0 bridgehead atoms. The minimum atomic E-state index is 0.739. The van der Waals surface area contributed by atoms with E-state index in [1.165, 1.54) is 62.0 Å². The van der Waals surface area contributed by atoms with Gasteiger partial charge >= 0.3 is 0 Å². The van der Waals surface area contributed by atoms with E-state index in [0.29, 0.717) is 0 Å². The summed E-state index contributed by atoms with van der Waals surface area (Å²) in [6, 6.07) is 0. The van der Waals surface area contributed by atoms with Gasteiger partial charge in [0.25, 0.3) is 0 Å². The Balaban J connectivity index is 1.93. The van der Waals surface area contributed by atoms with Crippen LogP contribution >= 0.6 is 0 Å². The van der Waals surface area contributed by atoms with Crippen LogP contribution in [-0.2, 0) is 13.5 Å². The van der Waals surface area contributed by atoms with Gasteiger partial charge in [0, 0.05) is 25.1 Å². The maximum atomic E-state index is 4.77. The summed E-state index contributed by atoms with van der Waals surface area (Å²) in [7, 11) is 2.07. The maximum Gasteiger partial charge on any atom is 0.127 e. The van der Waals surface area contributed by atoms with Gasteiger partial charge in [-0.3, -0.25) is 4.68 Å². The Morgan fingerprint density at radius 3 is 2.81 bits per heavy atom. The number of nitrogens with zero attached hydrogens (tertiary/aromatic N) is 2. The quantitative estimate of drug-likeness (QED) is 0.787. The largest absolute Gasteiger partial charge is 0.370 e. The van der Waals surface area contributed by atoms with Gasteiger partial charge < -0.3 is 5.32 Å². The average molecular weight is 219 g/mol. The number of hydrogen-bond acceptors (Lipinski definition) is 2. The standard InChI is InChI=1S/C13H21N3/c1-16-13-11(8-5-9-14-13)12(15-16)10-6-3-2-4-7-10/h10,14H,2-9H2,1H3. The van der Waals surface area contributed by atoms with Crippen molar-refractivity contribution in [3.05, 3.63) is 11.3 Å². The van der Waals surface area contributed by atoms with E-state index < -0.39 is 0 Å². The minimum absolute atomic E-state index is 0.739. The topological polar surface area (TPSA) is 29.9 Å². The molecule has 88 valence electrons. The lowest BCUT2D eigenvalue weighted by Gasteiger charge is -2.22. The first kappa shape index (κ1) is 10.2. The Kier molecular flexibility index (Phi) is 2.62. The lowest BCUT2D eigenvalue weighted by molar-refractivity contribution is 0.431. The fraction of sp³-hybridized carbons (Fsp3) is 0.769. The summed E-state index contributed by atoms with van der Waals surface area (Å²) in [5.41, 5.74) is 2.92. The van der Waals surface area contributed by atoms with Gasteiger partial charge in [0.05, 0.1) is 5.69 Å². The van der Waals surface area contributed by atoms with Crippen LogP contribution < -0.4 is 5.32 Å². The first-order valence-electron chi connectivity index (χ1n) is 6.66. The Bertz CT molecular complexity index is 375. The molecular formula is C13H21N3. The van der Waals surface area contributed by atoms with E-state index in [1.54, 1.807) is 0 Å². The molecule has 0 aromatic carbocycles. The molecule has 0 saturated heterocycles. The Morgan fingerprint density at radius 1 is 1.19 bits per heavy atom. The molecule has 1 aromatic rings. The third kappa shape index (κ3) is 1.62. The van der Waals surface area contributed by atoms with Crippen LogP contribution in [0.3, 0.4) is 0 Å². The van der Waals surface area contributed by atoms with Crippen molar-refractivity contribution in [2.24, 2.45) is 7.05 Å². The summed E-state index contributed by atoms with van der Waals surface area (Å²) in [5, 5.41) is 8.26. The van der Waals surface area contributed by atoms with Crippen molar-refractivity contribution in [3.8, 4) is 0 Å². The highest BCUT2D eigenvalue weighted by molar-refractivity contribution is 5.50. The van der Waals surface area contributed by atoms with Gasteiger partial charge in [-0.2, -0.15) is 5.10 Å². The molecule has 0 amide bonds. The number of fused-ring (bicyclic) bond motifs is 1. The predicted molar refractivity (Wildman–Crippen MR) is 65.8 cm³/mol. The van der Waals surface area contributed by atoms with Crippen LogP contribution in [0.2, 0.25) is 0 Å². The molecule has 2 aliphatic rings. The first-order valence-corrected chi connectivity index (χ1v) is 6.66. The second-order valence-electron chi connectivity index (χ2n) is 5.20. The van der Waals surface area contributed by atoms with Crippen molar-refractivity contribution in [3.63, 3.8) is 0 Å². The van der Waals surface area contributed by atoms with Gasteiger partial charge in [-0.1, -0.05) is 19.3 Å². The van der Waals surface area contributed by atoms with E-state index in [-0.39, 0.29) is 0 Å². The number of nitrogens with one attached hydrogen (secondary N) is 1. The normalized spacial score (nSPS) is 21.6. The van der Waals surface area contributed by atoms with Crippen LogP contribution in [0.4, 0.5) is 5.82 Å². The highest BCUT2D eigenvalue weighted by Crippen LogP contribution is 2.37. The van der Waals surface area contributed by atoms with Crippen molar-refractivity contribution in [1.82, 2.24) is 9.78 Å². The Labute approximate surface area is 97.2 Å². The summed E-state index contributed by atoms with van der Waals surface area (Å²) >= 11 is 0. The molecule has 16 heavy (non-hydrogen) atoms. The van der Waals surface area contributed by atoms with Crippen LogP contribution in [-0.4, -0.2) is 16.3 Å². The van der Waals surface area contributed by atoms with Crippen LogP contribution in [0.25, 0.3) is 0 Å². The zero-order chi connectivity index (χ0) is 11.0. The summed E-state index contributed by atoms with van der Waals surface area (Å²) in [5.74, 6) is 2.02. The van der Waals surface area contributed by atoms with Gasteiger partial charge in [0.1, 0.15) is 5.82 Å². The molecule has 3 heteroatoms. The van der Waals surface area contributed by atoms with Gasteiger partial charge in [-0.15, -0.1) is 0 Å². The molecule has 2 heterocycles. The first-order chi connectivity index (χ1) is 7.86. The molecule has 1 N–H and O–H groups in total. The molecule has 0 spiro atoms. The molecule has 0 unspecified atom stereocenters. The van der Waals surface area contributed by atoms with Crippen molar-refractivity contribution in [1.29, 1.82) is 0 Å². The number of anilines is 1. The van der Waals surface area contributed by atoms with Crippen molar-refractivity contribution >= 4 is 5.82 Å². The number of aromatic nitrogens is 2. The molecule has 3 nitrogen and oxygen atoms in total. The molecule has 1 aliphatic carbocycles. The summed E-state index contributed by atoms with van der Waals surface area (Å²) in [6.07, 6.45) is 9.39. The van der Waals surface area contributed by atoms with Crippen molar-refractivity contribution < 1.29 is 0 Å². The van der Waals surface area contributed by atoms with E-state index in [2.05, 4.69) is 17.0 Å². The number of aryl methyl sites for hydroxylation is 1. The Hall–Kier alpha value is -0.990. The van der Waals surface area contributed by atoms with E-state index in [1.807, 2.05) is 0 Å². The fourth-order valence-corrected chi connectivity index (χ4v) is 3.23. The number of rotatable bonds is 1. The molecule has 1 aromatic heterocycles. The SMILES string of the molecule is Cn1nc(C2CCCCC2)c2c1NCCC2. The van der Waals surface area contributed by atoms with E-state index in [9.17, 15) is 0 Å². The van der Waals surface area contributed by atoms with Crippen LogP contribution in [0, 0.1) is 0 Å². The third-order valence-corrected chi connectivity index (χ3v) is 4.06. The highest BCUT2D eigenvalue weighted by Gasteiger charge is 2.25.